The lowest BCUT2D eigenvalue weighted by Crippen LogP contribution is -2.53. The predicted octanol–water partition coefficient (Wildman–Crippen LogP) is -0.811. The average molecular weight is 202 g/mol. The lowest BCUT2D eigenvalue weighted by molar-refractivity contribution is 0.456. The van der Waals surface area contributed by atoms with Crippen molar-refractivity contribution in [3.05, 3.63) is 11.9 Å². The van der Waals surface area contributed by atoms with Crippen molar-refractivity contribution in [1.29, 1.82) is 0 Å². The first-order valence-electron chi connectivity index (χ1n) is 3.94. The van der Waals surface area contributed by atoms with Gasteiger partial charge in [-0.25, -0.2) is 0 Å². The molecule has 5 N–H and O–H groups in total. The van der Waals surface area contributed by atoms with Gasteiger partial charge >= 0.3 is 0 Å². The van der Waals surface area contributed by atoms with Crippen molar-refractivity contribution in [2.75, 3.05) is 6.26 Å². The average Bonchev–Trinajstić information content (AvgIpc) is 2.02. The molecule has 0 aliphatic carbocycles. The van der Waals surface area contributed by atoms with E-state index >= 15 is 0 Å². The second-order valence-electron chi connectivity index (χ2n) is 2.85. The van der Waals surface area contributed by atoms with E-state index in [9.17, 15) is 4.55 Å². The Balaban J connectivity index is 2.99. The number of nitrogens with two attached hydrogens (primary N) is 2. The Hall–Kier alpha value is -0.880. The van der Waals surface area contributed by atoms with Crippen LogP contribution in [0.3, 0.4) is 0 Å². The van der Waals surface area contributed by atoms with E-state index in [1.165, 1.54) is 6.08 Å². The zero-order chi connectivity index (χ0) is 10.1. The standard InChI is InChI=1S/C7H14N4OS/c1-3-7(13(2)12)10-5(8)4-6(9)11-7/h4,10H,3,8H2,1-2H3,(H2,9,11). The Kier molecular flexibility index (Phi) is 2.72. The summed E-state index contributed by atoms with van der Waals surface area (Å²) in [4.78, 5) is 3.26. The summed E-state index contributed by atoms with van der Waals surface area (Å²) in [6, 6.07) is 0. The molecule has 1 rings (SSSR count). The molecule has 2 atom stereocenters. The van der Waals surface area contributed by atoms with Gasteiger partial charge in [0.05, 0.1) is 6.26 Å². The normalized spacial score (nSPS) is 30.1. The van der Waals surface area contributed by atoms with Crippen molar-refractivity contribution in [1.82, 2.24) is 5.32 Å². The highest BCUT2D eigenvalue weighted by Crippen LogP contribution is 2.22. The molecular formula is C7H14N4OS. The first-order chi connectivity index (χ1) is 6.00. The Bertz CT molecular complexity index is 263. The summed E-state index contributed by atoms with van der Waals surface area (Å²) in [6.07, 6.45) is 3.66. The Morgan fingerprint density at radius 3 is 2.69 bits per heavy atom. The third-order valence-corrected chi connectivity index (χ3v) is 3.34. The Morgan fingerprint density at radius 2 is 2.31 bits per heavy atom. The van der Waals surface area contributed by atoms with Crippen LogP contribution in [0.5, 0.6) is 0 Å². The first-order valence-corrected chi connectivity index (χ1v) is 5.50. The molecule has 2 unspecified atom stereocenters. The van der Waals surface area contributed by atoms with Crippen LogP contribution in [0.15, 0.2) is 16.9 Å². The van der Waals surface area contributed by atoms with E-state index in [2.05, 4.69) is 10.3 Å². The zero-order valence-electron chi connectivity index (χ0n) is 7.70. The fourth-order valence-corrected chi connectivity index (χ4v) is 2.10. The van der Waals surface area contributed by atoms with Crippen molar-refractivity contribution in [3.8, 4) is 0 Å². The molecule has 0 aromatic heterocycles. The molecule has 0 bridgehead atoms. The van der Waals surface area contributed by atoms with Gasteiger partial charge in [0.1, 0.15) is 11.7 Å². The quantitative estimate of drug-likeness (QED) is 0.510. The molecule has 0 radical (unpaired) electrons. The number of amidine groups is 1. The van der Waals surface area contributed by atoms with Gasteiger partial charge in [-0.3, -0.25) is 0 Å². The van der Waals surface area contributed by atoms with Crippen LogP contribution in [-0.4, -0.2) is 21.6 Å². The van der Waals surface area contributed by atoms with Gasteiger partial charge < -0.3 is 21.3 Å². The number of nitrogens with zero attached hydrogens (tertiary/aromatic N) is 1. The summed E-state index contributed by atoms with van der Waals surface area (Å²) in [5.74, 6) is 0.720. The molecule has 0 amide bonds. The second kappa shape index (κ2) is 3.47. The molecule has 0 saturated heterocycles. The summed E-state index contributed by atoms with van der Waals surface area (Å²) >= 11 is -1.15. The van der Waals surface area contributed by atoms with E-state index in [-0.39, 0.29) is 0 Å². The van der Waals surface area contributed by atoms with Crippen LogP contribution in [0.4, 0.5) is 0 Å². The highest BCUT2D eigenvalue weighted by molar-refractivity contribution is 7.92. The van der Waals surface area contributed by atoms with Gasteiger partial charge in [0.2, 0.25) is 0 Å². The molecule has 1 aliphatic rings. The summed E-state index contributed by atoms with van der Waals surface area (Å²) in [6.45, 7) is 1.88. The van der Waals surface area contributed by atoms with Crippen LogP contribution in [0.2, 0.25) is 0 Å². The van der Waals surface area contributed by atoms with E-state index in [1.807, 2.05) is 6.92 Å². The van der Waals surface area contributed by atoms with E-state index in [0.717, 1.165) is 0 Å². The maximum atomic E-state index is 11.4. The highest BCUT2D eigenvalue weighted by atomic mass is 32.2. The number of aliphatic imine (C=N–C) groups is 1. The third-order valence-electron chi connectivity index (χ3n) is 1.91. The molecule has 0 fully saturated rings. The molecule has 74 valence electrons. The van der Waals surface area contributed by atoms with Crippen molar-refractivity contribution in [3.63, 3.8) is 0 Å². The van der Waals surface area contributed by atoms with Crippen LogP contribution in [0.25, 0.3) is 0 Å². The Morgan fingerprint density at radius 1 is 1.69 bits per heavy atom. The molecule has 5 nitrogen and oxygen atoms in total. The van der Waals surface area contributed by atoms with Crippen LogP contribution in [0, 0.1) is 0 Å². The topological polar surface area (TPSA) is 99.5 Å². The van der Waals surface area contributed by atoms with Gasteiger partial charge in [-0.2, -0.15) is 4.99 Å². The molecule has 0 aromatic rings. The smallest absolute Gasteiger partial charge is 0.293 e. The number of hydrogen-bond donors (Lipinski definition) is 3. The number of hydrogen-bond acceptors (Lipinski definition) is 5. The fraction of sp³-hybridized carbons (Fsp3) is 0.571. The number of rotatable bonds is 2. The lowest BCUT2D eigenvalue weighted by atomic mass is 10.3. The SMILES string of the molecule is CCC1([S+](C)[O-])N=C(N)C=C(N)N1. The van der Waals surface area contributed by atoms with Crippen molar-refractivity contribution in [2.24, 2.45) is 16.5 Å². The van der Waals surface area contributed by atoms with Gasteiger partial charge in [-0.15, -0.1) is 0 Å². The summed E-state index contributed by atoms with van der Waals surface area (Å²) in [5.41, 5.74) is 11.1. The second-order valence-corrected chi connectivity index (χ2v) is 4.44. The van der Waals surface area contributed by atoms with Crippen molar-refractivity contribution in [2.45, 2.75) is 18.3 Å². The highest BCUT2D eigenvalue weighted by Gasteiger charge is 2.40. The molecule has 0 spiro atoms. The van der Waals surface area contributed by atoms with Crippen molar-refractivity contribution < 1.29 is 4.55 Å². The minimum absolute atomic E-state index is 0.313. The fourth-order valence-electron chi connectivity index (χ4n) is 1.20. The van der Waals surface area contributed by atoms with Crippen LogP contribution in [0.1, 0.15) is 13.3 Å². The minimum atomic E-state index is -1.15. The third kappa shape index (κ3) is 1.89. The monoisotopic (exact) mass is 202 g/mol. The molecule has 1 heterocycles. The van der Waals surface area contributed by atoms with Gasteiger partial charge in [0.25, 0.3) is 4.99 Å². The first kappa shape index (κ1) is 10.2. The molecule has 0 aromatic carbocycles. The van der Waals surface area contributed by atoms with Gasteiger partial charge in [0.15, 0.2) is 0 Å². The van der Waals surface area contributed by atoms with Crippen LogP contribution < -0.4 is 16.8 Å². The van der Waals surface area contributed by atoms with Gasteiger partial charge in [-0.05, 0) is 11.2 Å². The lowest BCUT2D eigenvalue weighted by Gasteiger charge is -2.32. The molecule has 1 aliphatic heterocycles. The molecule has 6 heteroatoms. The predicted molar refractivity (Wildman–Crippen MR) is 54.1 cm³/mol. The van der Waals surface area contributed by atoms with E-state index in [4.69, 9.17) is 11.5 Å². The van der Waals surface area contributed by atoms with Crippen LogP contribution >= 0.6 is 0 Å². The van der Waals surface area contributed by atoms with Gasteiger partial charge in [0, 0.05) is 12.5 Å². The maximum absolute atomic E-state index is 11.4. The molecular weight excluding hydrogens is 188 g/mol. The minimum Gasteiger partial charge on any atom is -0.613 e. The summed E-state index contributed by atoms with van der Waals surface area (Å²) in [7, 11) is 0. The van der Waals surface area contributed by atoms with E-state index < -0.39 is 16.2 Å². The number of nitrogens with one attached hydrogen (secondary N) is 1. The van der Waals surface area contributed by atoms with Crippen molar-refractivity contribution >= 4 is 17.0 Å². The molecule has 13 heavy (non-hydrogen) atoms. The zero-order valence-corrected chi connectivity index (χ0v) is 8.52. The van der Waals surface area contributed by atoms with E-state index in [1.54, 1.807) is 6.26 Å². The summed E-state index contributed by atoms with van der Waals surface area (Å²) < 4.78 is 11.4. The largest absolute Gasteiger partial charge is 0.613 e. The summed E-state index contributed by atoms with van der Waals surface area (Å²) in [5, 5.41) is 2.88. The van der Waals surface area contributed by atoms with Crippen LogP contribution in [-0.2, 0) is 11.2 Å². The Labute approximate surface area is 80.5 Å². The van der Waals surface area contributed by atoms with Gasteiger partial charge in [-0.1, -0.05) is 6.92 Å². The van der Waals surface area contributed by atoms with E-state index in [0.29, 0.717) is 18.1 Å². The molecule has 0 saturated carbocycles. The maximum Gasteiger partial charge on any atom is 0.293 e.